The van der Waals surface area contributed by atoms with Gasteiger partial charge in [0.1, 0.15) is 18.7 Å². The molecule has 1 heterocycles. The van der Waals surface area contributed by atoms with E-state index in [4.69, 9.17) is 4.74 Å². The molecule has 0 bridgehead atoms. The Morgan fingerprint density at radius 3 is 2.21 bits per heavy atom. The molecular weight excluding hydrogens is 308 g/mol. The average molecular weight is 332 g/mol. The van der Waals surface area contributed by atoms with E-state index in [1.54, 1.807) is 13.8 Å². The first kappa shape index (κ1) is 18.0. The van der Waals surface area contributed by atoms with Crippen molar-refractivity contribution in [1.29, 1.82) is 0 Å². The summed E-state index contributed by atoms with van der Waals surface area (Å²) in [7, 11) is 0. The second-order valence-corrected chi connectivity index (χ2v) is 7.55. The quantitative estimate of drug-likeness (QED) is 0.678. The summed E-state index contributed by atoms with van der Waals surface area (Å²) in [5, 5.41) is 2.52. The molecule has 24 heavy (non-hydrogen) atoms. The van der Waals surface area contributed by atoms with Crippen LogP contribution in [0.25, 0.3) is 0 Å². The Labute approximate surface area is 142 Å². The van der Waals surface area contributed by atoms with E-state index in [1.165, 1.54) is 5.56 Å². The maximum absolute atomic E-state index is 12.0. The Kier molecular flexibility index (Phi) is 4.69. The number of ether oxygens (including phenoxy) is 1. The van der Waals surface area contributed by atoms with Crippen LogP contribution in [0.5, 0.6) is 0 Å². The summed E-state index contributed by atoms with van der Waals surface area (Å²) in [6.07, 6.45) is 0. The Morgan fingerprint density at radius 1 is 1.17 bits per heavy atom. The van der Waals surface area contributed by atoms with Crippen molar-refractivity contribution < 1.29 is 19.1 Å². The first-order valence-electron chi connectivity index (χ1n) is 7.90. The van der Waals surface area contributed by atoms with Crippen molar-refractivity contribution in [1.82, 2.24) is 10.2 Å². The second-order valence-electron chi connectivity index (χ2n) is 7.55. The van der Waals surface area contributed by atoms with Crippen molar-refractivity contribution >= 4 is 17.9 Å². The predicted octanol–water partition coefficient (Wildman–Crippen LogP) is 2.36. The number of hydrogen-bond donors (Lipinski definition) is 1. The van der Waals surface area contributed by atoms with Crippen molar-refractivity contribution in [2.24, 2.45) is 0 Å². The Balaban J connectivity index is 1.90. The van der Waals surface area contributed by atoms with Crippen molar-refractivity contribution in [3.8, 4) is 0 Å². The van der Waals surface area contributed by atoms with Gasteiger partial charge in [0, 0.05) is 0 Å². The van der Waals surface area contributed by atoms with Crippen LogP contribution in [-0.2, 0) is 26.3 Å². The van der Waals surface area contributed by atoms with E-state index in [0.717, 1.165) is 10.5 Å². The third-order valence-corrected chi connectivity index (χ3v) is 3.95. The number of hydrogen-bond acceptors (Lipinski definition) is 4. The molecule has 130 valence electrons. The molecule has 6 nitrogen and oxygen atoms in total. The first-order valence-corrected chi connectivity index (χ1v) is 7.90. The van der Waals surface area contributed by atoms with Gasteiger partial charge in [0.15, 0.2) is 0 Å². The lowest BCUT2D eigenvalue weighted by molar-refractivity contribution is -0.148. The molecule has 0 saturated carbocycles. The van der Waals surface area contributed by atoms with Gasteiger partial charge in [-0.05, 0) is 30.4 Å². The van der Waals surface area contributed by atoms with Crippen LogP contribution in [-0.4, -0.2) is 34.9 Å². The molecule has 1 N–H and O–H groups in total. The number of rotatable bonds is 4. The zero-order valence-corrected chi connectivity index (χ0v) is 14.8. The zero-order valence-electron chi connectivity index (χ0n) is 14.8. The van der Waals surface area contributed by atoms with Gasteiger partial charge < -0.3 is 10.1 Å². The van der Waals surface area contributed by atoms with Crippen LogP contribution in [0, 0.1) is 0 Å². The molecule has 1 saturated heterocycles. The van der Waals surface area contributed by atoms with Gasteiger partial charge >= 0.3 is 12.0 Å². The number of amides is 3. The number of esters is 1. The van der Waals surface area contributed by atoms with Gasteiger partial charge in [-0.3, -0.25) is 14.5 Å². The van der Waals surface area contributed by atoms with E-state index in [2.05, 4.69) is 26.1 Å². The monoisotopic (exact) mass is 332 g/mol. The largest absolute Gasteiger partial charge is 0.459 e. The van der Waals surface area contributed by atoms with Gasteiger partial charge in [0.05, 0.1) is 0 Å². The SMILES string of the molecule is CC1(C)NC(=O)N(CC(=O)OCc2ccc(C(C)(C)C)cc2)C1=O. The van der Waals surface area contributed by atoms with E-state index in [1.807, 2.05) is 24.3 Å². The normalized spacial score (nSPS) is 17.0. The number of benzene rings is 1. The number of nitrogens with zero attached hydrogens (tertiary/aromatic N) is 1. The van der Waals surface area contributed by atoms with E-state index in [9.17, 15) is 14.4 Å². The third kappa shape index (κ3) is 3.93. The van der Waals surface area contributed by atoms with Gasteiger partial charge in [-0.25, -0.2) is 4.79 Å². The lowest BCUT2D eigenvalue weighted by atomic mass is 9.87. The molecular formula is C18H24N2O4. The third-order valence-electron chi connectivity index (χ3n) is 3.95. The van der Waals surface area contributed by atoms with E-state index >= 15 is 0 Å². The molecule has 1 aromatic carbocycles. The van der Waals surface area contributed by atoms with E-state index in [-0.39, 0.29) is 18.6 Å². The predicted molar refractivity (Wildman–Crippen MR) is 89.3 cm³/mol. The summed E-state index contributed by atoms with van der Waals surface area (Å²) < 4.78 is 5.17. The molecule has 0 unspecified atom stereocenters. The van der Waals surface area contributed by atoms with Crippen molar-refractivity contribution in [2.75, 3.05) is 6.54 Å². The number of carbonyl (C=O) groups excluding carboxylic acids is 3. The summed E-state index contributed by atoms with van der Waals surface area (Å²) in [6, 6.07) is 7.25. The highest BCUT2D eigenvalue weighted by Crippen LogP contribution is 2.22. The summed E-state index contributed by atoms with van der Waals surface area (Å²) in [6.45, 7) is 9.29. The summed E-state index contributed by atoms with van der Waals surface area (Å²) in [5.41, 5.74) is 1.12. The van der Waals surface area contributed by atoms with Crippen LogP contribution in [0.3, 0.4) is 0 Å². The molecule has 3 amide bonds. The number of urea groups is 1. The minimum atomic E-state index is -0.986. The second kappa shape index (κ2) is 6.26. The number of carbonyl (C=O) groups is 3. The highest BCUT2D eigenvalue weighted by atomic mass is 16.5. The van der Waals surface area contributed by atoms with Gasteiger partial charge in [-0.2, -0.15) is 0 Å². The average Bonchev–Trinajstić information content (AvgIpc) is 2.67. The fourth-order valence-corrected chi connectivity index (χ4v) is 2.40. The molecule has 1 aromatic rings. The molecule has 2 rings (SSSR count). The van der Waals surface area contributed by atoms with Crippen LogP contribution < -0.4 is 5.32 Å². The smallest absolute Gasteiger partial charge is 0.326 e. The molecule has 1 aliphatic rings. The topological polar surface area (TPSA) is 75.7 Å². The molecule has 0 aromatic heterocycles. The Hall–Kier alpha value is -2.37. The van der Waals surface area contributed by atoms with Gasteiger partial charge in [-0.15, -0.1) is 0 Å². The van der Waals surface area contributed by atoms with Gasteiger partial charge in [0.2, 0.25) is 0 Å². The maximum atomic E-state index is 12.0. The van der Waals surface area contributed by atoms with Crippen LogP contribution >= 0.6 is 0 Å². The zero-order chi connectivity index (χ0) is 18.1. The fourth-order valence-electron chi connectivity index (χ4n) is 2.40. The first-order chi connectivity index (χ1) is 11.0. The molecule has 1 fully saturated rings. The van der Waals surface area contributed by atoms with Gasteiger partial charge in [0.25, 0.3) is 5.91 Å². The molecule has 0 atom stereocenters. The maximum Gasteiger partial charge on any atom is 0.326 e. The fraction of sp³-hybridized carbons (Fsp3) is 0.500. The van der Waals surface area contributed by atoms with E-state index < -0.39 is 23.4 Å². The molecule has 0 spiro atoms. The number of nitrogens with one attached hydrogen (secondary N) is 1. The van der Waals surface area contributed by atoms with E-state index in [0.29, 0.717) is 0 Å². The summed E-state index contributed by atoms with van der Waals surface area (Å²) in [4.78, 5) is 36.5. The molecule has 1 aliphatic heterocycles. The number of imide groups is 1. The Bertz CT molecular complexity index is 657. The molecule has 0 radical (unpaired) electrons. The molecule has 0 aliphatic carbocycles. The van der Waals surface area contributed by atoms with Crippen LogP contribution in [0.15, 0.2) is 24.3 Å². The van der Waals surface area contributed by atoms with Gasteiger partial charge in [-0.1, -0.05) is 45.0 Å². The van der Waals surface area contributed by atoms with Crippen molar-refractivity contribution in [3.05, 3.63) is 35.4 Å². The molecule has 6 heteroatoms. The van der Waals surface area contributed by atoms with Crippen LogP contribution in [0.1, 0.15) is 45.7 Å². The minimum absolute atomic E-state index is 0.0610. The lowest BCUT2D eigenvalue weighted by Crippen LogP contribution is -2.41. The minimum Gasteiger partial charge on any atom is -0.459 e. The van der Waals surface area contributed by atoms with Crippen molar-refractivity contribution in [3.63, 3.8) is 0 Å². The highest BCUT2D eigenvalue weighted by Gasteiger charge is 2.45. The van der Waals surface area contributed by atoms with Crippen molar-refractivity contribution in [2.45, 2.75) is 52.2 Å². The summed E-state index contributed by atoms with van der Waals surface area (Å²) in [5.74, 6) is -1.05. The highest BCUT2D eigenvalue weighted by molar-refractivity contribution is 6.08. The summed E-state index contributed by atoms with van der Waals surface area (Å²) >= 11 is 0. The lowest BCUT2D eigenvalue weighted by Gasteiger charge is -2.19. The standard InChI is InChI=1S/C18H24N2O4/c1-17(2,3)13-8-6-12(7-9-13)11-24-14(21)10-20-15(22)18(4,5)19-16(20)23/h6-9H,10-11H2,1-5H3,(H,19,23). The van der Waals surface area contributed by atoms with Crippen LogP contribution in [0.2, 0.25) is 0 Å². The van der Waals surface area contributed by atoms with Crippen LogP contribution in [0.4, 0.5) is 4.79 Å². The Morgan fingerprint density at radius 2 is 1.75 bits per heavy atom.